The summed E-state index contributed by atoms with van der Waals surface area (Å²) < 4.78 is 0. The standard InChI is InChI=1S/C11H7ClO2.Ga.3H/c12-8-5-4-7-2-1-3-9(11(13)14)10(7)6-8;;;;/h1-6H,(H,13,14);;;;. The van der Waals surface area contributed by atoms with Gasteiger partial charge in [-0.2, -0.15) is 0 Å². The summed E-state index contributed by atoms with van der Waals surface area (Å²) in [5.74, 6) is -0.933. The Hall–Kier alpha value is -0.904. The van der Waals surface area contributed by atoms with Gasteiger partial charge in [0.1, 0.15) is 0 Å². The van der Waals surface area contributed by atoms with Crippen molar-refractivity contribution in [1.29, 1.82) is 0 Å². The summed E-state index contributed by atoms with van der Waals surface area (Å²) >= 11 is 5.80. The van der Waals surface area contributed by atoms with Crippen LogP contribution in [0.25, 0.3) is 10.8 Å². The summed E-state index contributed by atoms with van der Waals surface area (Å²) in [6.07, 6.45) is 0. The fourth-order valence-electron chi connectivity index (χ4n) is 1.43. The Morgan fingerprint density at radius 3 is 2.60 bits per heavy atom. The zero-order valence-corrected chi connectivity index (χ0v) is 7.95. The number of carboxylic acids is 1. The van der Waals surface area contributed by atoms with Gasteiger partial charge in [0.05, 0.1) is 5.56 Å². The van der Waals surface area contributed by atoms with Gasteiger partial charge in [0.2, 0.25) is 0 Å². The average molecular weight is 279 g/mol. The summed E-state index contributed by atoms with van der Waals surface area (Å²) in [5, 5.41) is 11.0. The summed E-state index contributed by atoms with van der Waals surface area (Å²) in [6, 6.07) is 10.4. The molecule has 0 aliphatic heterocycles. The summed E-state index contributed by atoms with van der Waals surface area (Å²) in [6.45, 7) is 0. The van der Waals surface area contributed by atoms with Crippen molar-refractivity contribution in [2.24, 2.45) is 0 Å². The van der Waals surface area contributed by atoms with Crippen molar-refractivity contribution in [3.63, 3.8) is 0 Å². The molecule has 15 heavy (non-hydrogen) atoms. The van der Waals surface area contributed by atoms with E-state index < -0.39 is 5.97 Å². The van der Waals surface area contributed by atoms with Crippen molar-refractivity contribution in [2.45, 2.75) is 0 Å². The van der Waals surface area contributed by atoms with E-state index in [0.29, 0.717) is 10.4 Å². The molecule has 0 bridgehead atoms. The van der Waals surface area contributed by atoms with Crippen LogP contribution in [0.15, 0.2) is 36.4 Å². The number of carboxylic acid groups (broad SMARTS) is 1. The molecule has 0 spiro atoms. The van der Waals surface area contributed by atoms with Crippen LogP contribution in [0.2, 0.25) is 5.02 Å². The van der Waals surface area contributed by atoms with Gasteiger partial charge in [-0.3, -0.25) is 0 Å². The molecule has 0 atom stereocenters. The Labute approximate surface area is 105 Å². The SMILES string of the molecule is O=C(O)c1cccc2ccc(Cl)cc12.[GaH3]. The van der Waals surface area contributed by atoms with Crippen LogP contribution >= 0.6 is 11.6 Å². The molecule has 2 aromatic rings. The molecule has 0 aliphatic carbocycles. The van der Waals surface area contributed by atoms with Crippen molar-refractivity contribution in [3.05, 3.63) is 47.0 Å². The summed E-state index contributed by atoms with van der Waals surface area (Å²) in [5.41, 5.74) is 0.282. The predicted molar refractivity (Wildman–Crippen MR) is 65.9 cm³/mol. The van der Waals surface area contributed by atoms with Gasteiger partial charge in [0.25, 0.3) is 0 Å². The van der Waals surface area contributed by atoms with Crippen molar-refractivity contribution in [1.82, 2.24) is 0 Å². The molecule has 2 rings (SSSR count). The number of fused-ring (bicyclic) bond motifs is 1. The van der Waals surface area contributed by atoms with Gasteiger partial charge < -0.3 is 5.11 Å². The second-order valence-electron chi connectivity index (χ2n) is 2.98. The van der Waals surface area contributed by atoms with Gasteiger partial charge in [-0.15, -0.1) is 0 Å². The van der Waals surface area contributed by atoms with Crippen LogP contribution in [-0.2, 0) is 0 Å². The first kappa shape index (κ1) is 12.2. The number of hydrogen-bond donors (Lipinski definition) is 1. The van der Waals surface area contributed by atoms with Crippen LogP contribution in [0.3, 0.4) is 0 Å². The number of rotatable bonds is 1. The van der Waals surface area contributed by atoms with Gasteiger partial charge in [0.15, 0.2) is 0 Å². The Morgan fingerprint density at radius 1 is 1.20 bits per heavy atom. The molecule has 0 aliphatic rings. The molecule has 2 nitrogen and oxygen atoms in total. The first-order chi connectivity index (χ1) is 6.68. The van der Waals surface area contributed by atoms with Crippen molar-refractivity contribution < 1.29 is 9.90 Å². The molecule has 4 heteroatoms. The number of hydrogen-bond acceptors (Lipinski definition) is 1. The molecule has 76 valence electrons. The fraction of sp³-hybridized carbons (Fsp3) is 0. The van der Waals surface area contributed by atoms with Crippen molar-refractivity contribution in [3.8, 4) is 0 Å². The maximum absolute atomic E-state index is 10.9. The molecule has 0 amide bonds. The molecular weight excluding hydrogens is 269 g/mol. The molecule has 0 radical (unpaired) electrons. The van der Waals surface area contributed by atoms with Gasteiger partial charge in [0, 0.05) is 5.02 Å². The molecule has 1 N–H and O–H groups in total. The van der Waals surface area contributed by atoms with Crippen molar-refractivity contribution in [2.75, 3.05) is 0 Å². The Balaban J connectivity index is 0.00000112. The molecule has 0 unspecified atom stereocenters. The van der Waals surface area contributed by atoms with Gasteiger partial charge in [-0.05, 0) is 29.0 Å². The normalized spacial score (nSPS) is 9.67. The molecule has 0 fully saturated rings. The van der Waals surface area contributed by atoms with Crippen LogP contribution in [-0.4, -0.2) is 30.9 Å². The second kappa shape index (κ2) is 4.74. The van der Waals surface area contributed by atoms with E-state index in [0.717, 1.165) is 5.39 Å². The van der Waals surface area contributed by atoms with Gasteiger partial charge >= 0.3 is 25.8 Å². The number of aromatic carboxylic acids is 1. The number of benzene rings is 2. The third-order valence-corrected chi connectivity index (χ3v) is 2.31. The summed E-state index contributed by atoms with van der Waals surface area (Å²) in [7, 11) is 0. The Bertz CT molecular complexity index is 511. The summed E-state index contributed by atoms with van der Waals surface area (Å²) in [4.78, 5) is 10.9. The first-order valence-electron chi connectivity index (χ1n) is 4.10. The van der Waals surface area contributed by atoms with E-state index in [1.54, 1.807) is 24.3 Å². The van der Waals surface area contributed by atoms with Crippen LogP contribution in [0.1, 0.15) is 10.4 Å². The van der Waals surface area contributed by atoms with E-state index >= 15 is 0 Å². The van der Waals surface area contributed by atoms with Crippen LogP contribution in [0.4, 0.5) is 0 Å². The van der Waals surface area contributed by atoms with Crippen LogP contribution in [0.5, 0.6) is 0 Å². The van der Waals surface area contributed by atoms with Gasteiger partial charge in [-0.1, -0.05) is 29.8 Å². The zero-order valence-electron chi connectivity index (χ0n) is 7.20. The Kier molecular flexibility index (Phi) is 3.85. The molecule has 0 saturated carbocycles. The van der Waals surface area contributed by atoms with E-state index in [1.807, 2.05) is 12.1 Å². The van der Waals surface area contributed by atoms with Gasteiger partial charge in [-0.25, -0.2) is 4.79 Å². The maximum atomic E-state index is 10.9. The monoisotopic (exact) mass is 278 g/mol. The Morgan fingerprint density at radius 2 is 1.93 bits per heavy atom. The molecule has 0 aromatic heterocycles. The van der Waals surface area contributed by atoms with E-state index in [-0.39, 0.29) is 25.4 Å². The van der Waals surface area contributed by atoms with E-state index in [4.69, 9.17) is 16.7 Å². The first-order valence-corrected chi connectivity index (χ1v) is 4.48. The zero-order chi connectivity index (χ0) is 10.1. The minimum atomic E-state index is -0.933. The topological polar surface area (TPSA) is 37.3 Å². The van der Waals surface area contributed by atoms with E-state index in [1.165, 1.54) is 0 Å². The second-order valence-corrected chi connectivity index (χ2v) is 3.41. The van der Waals surface area contributed by atoms with Crippen LogP contribution < -0.4 is 0 Å². The molecular formula is C11H10ClGaO2. The molecule has 0 heterocycles. The third-order valence-electron chi connectivity index (χ3n) is 2.07. The number of carbonyl (C=O) groups is 1. The van der Waals surface area contributed by atoms with Crippen molar-refractivity contribution >= 4 is 48.1 Å². The minimum absolute atomic E-state index is 0. The average Bonchev–Trinajstić information content (AvgIpc) is 2.16. The third kappa shape index (κ3) is 2.37. The van der Waals surface area contributed by atoms with E-state index in [9.17, 15) is 4.79 Å². The molecule has 0 saturated heterocycles. The number of halogens is 1. The predicted octanol–water partition coefficient (Wildman–Crippen LogP) is 2.01. The van der Waals surface area contributed by atoms with E-state index in [2.05, 4.69) is 0 Å². The van der Waals surface area contributed by atoms with Crippen LogP contribution in [0, 0.1) is 0 Å². The molecule has 2 aromatic carbocycles. The quantitative estimate of drug-likeness (QED) is 0.811. The fourth-order valence-corrected chi connectivity index (χ4v) is 1.60.